The number of nitrogens with two attached hydrogens (primary N) is 1. The second-order valence-corrected chi connectivity index (χ2v) is 7.93. The molecule has 0 heterocycles. The highest BCUT2D eigenvalue weighted by atomic mass is 35.5. The van der Waals surface area contributed by atoms with E-state index in [1.54, 1.807) is 12.1 Å². The molecule has 2 aromatic carbocycles. The molecule has 28 heavy (non-hydrogen) atoms. The van der Waals surface area contributed by atoms with Gasteiger partial charge in [0, 0.05) is 18.6 Å². The molecule has 0 saturated carbocycles. The fourth-order valence-electron chi connectivity index (χ4n) is 2.51. The van der Waals surface area contributed by atoms with E-state index < -0.39 is 11.6 Å². The Balaban J connectivity index is 0.00000392. The number of rotatable bonds is 8. The van der Waals surface area contributed by atoms with Gasteiger partial charge in [-0.2, -0.15) is 0 Å². The van der Waals surface area contributed by atoms with E-state index in [-0.39, 0.29) is 24.9 Å². The van der Waals surface area contributed by atoms with Gasteiger partial charge in [-0.15, -0.1) is 12.4 Å². The number of aliphatic hydroxyl groups excluding tert-OH is 1. The van der Waals surface area contributed by atoms with Crippen molar-refractivity contribution in [3.8, 4) is 0 Å². The molecule has 0 aromatic heterocycles. The Bertz CT molecular complexity index is 763. The molecule has 1 amide bonds. The molecule has 154 valence electrons. The first-order valence-corrected chi connectivity index (χ1v) is 9.41. The van der Waals surface area contributed by atoms with Crippen LogP contribution in [0.2, 0.25) is 10.0 Å². The predicted molar refractivity (Wildman–Crippen MR) is 118 cm³/mol. The standard InChI is InChI=1S/C20H25Cl2N3O2.ClH/c1-20(2,12-24-18(27)8-13-6-4-3-5-7-13)25-11-17(26)14-9-15(21)19(23)16(22)10-14;/h3-7,9-10,17,25-26H,8,11-12,23H2,1-2H3,(H,24,27);1H. The van der Waals surface area contributed by atoms with Gasteiger partial charge < -0.3 is 21.5 Å². The van der Waals surface area contributed by atoms with Crippen molar-refractivity contribution < 1.29 is 9.90 Å². The molecule has 5 nitrogen and oxygen atoms in total. The van der Waals surface area contributed by atoms with Gasteiger partial charge in [-0.05, 0) is 37.1 Å². The second kappa shape index (κ2) is 10.9. The third-order valence-corrected chi connectivity index (χ3v) is 4.82. The summed E-state index contributed by atoms with van der Waals surface area (Å²) in [4.78, 5) is 12.1. The van der Waals surface area contributed by atoms with E-state index in [0.29, 0.717) is 34.3 Å². The SMILES string of the molecule is CC(C)(CNC(=O)Cc1ccccc1)NCC(O)c1cc(Cl)c(N)c(Cl)c1.Cl. The Morgan fingerprint density at radius 1 is 1.18 bits per heavy atom. The quantitative estimate of drug-likeness (QED) is 0.465. The van der Waals surface area contributed by atoms with Crippen molar-refractivity contribution >= 4 is 47.2 Å². The molecule has 0 aliphatic heterocycles. The van der Waals surface area contributed by atoms with Crippen LogP contribution in [-0.4, -0.2) is 29.6 Å². The summed E-state index contributed by atoms with van der Waals surface area (Å²) in [5, 5.41) is 17.2. The van der Waals surface area contributed by atoms with Gasteiger partial charge in [-0.3, -0.25) is 4.79 Å². The third-order valence-electron chi connectivity index (χ3n) is 4.20. The van der Waals surface area contributed by atoms with Crippen molar-refractivity contribution in [1.29, 1.82) is 0 Å². The highest BCUT2D eigenvalue weighted by Gasteiger charge is 2.21. The maximum absolute atomic E-state index is 12.1. The molecule has 8 heteroatoms. The lowest BCUT2D eigenvalue weighted by atomic mass is 10.0. The van der Waals surface area contributed by atoms with Crippen LogP contribution < -0.4 is 16.4 Å². The van der Waals surface area contributed by atoms with Crippen molar-refractivity contribution in [3.63, 3.8) is 0 Å². The summed E-state index contributed by atoms with van der Waals surface area (Å²) >= 11 is 12.0. The topological polar surface area (TPSA) is 87.4 Å². The normalized spacial score (nSPS) is 12.2. The summed E-state index contributed by atoms with van der Waals surface area (Å²) in [7, 11) is 0. The number of halogens is 3. The smallest absolute Gasteiger partial charge is 0.224 e. The monoisotopic (exact) mass is 445 g/mol. The number of aliphatic hydroxyl groups is 1. The van der Waals surface area contributed by atoms with Gasteiger partial charge in [0.25, 0.3) is 0 Å². The minimum atomic E-state index is -0.806. The van der Waals surface area contributed by atoms with E-state index in [1.807, 2.05) is 44.2 Å². The summed E-state index contributed by atoms with van der Waals surface area (Å²) in [6.45, 7) is 4.60. The van der Waals surface area contributed by atoms with E-state index >= 15 is 0 Å². The van der Waals surface area contributed by atoms with E-state index in [4.69, 9.17) is 28.9 Å². The number of carbonyl (C=O) groups excluding carboxylic acids is 1. The zero-order valence-corrected chi connectivity index (χ0v) is 18.2. The number of nitrogens with one attached hydrogen (secondary N) is 2. The molecule has 0 saturated heterocycles. The Kier molecular flexibility index (Phi) is 9.54. The van der Waals surface area contributed by atoms with E-state index in [9.17, 15) is 9.90 Å². The molecule has 1 atom stereocenters. The molecule has 0 aliphatic carbocycles. The molecule has 0 spiro atoms. The Labute approximate surface area is 182 Å². The lowest BCUT2D eigenvalue weighted by Crippen LogP contribution is -2.50. The average molecular weight is 447 g/mol. The van der Waals surface area contributed by atoms with E-state index in [2.05, 4.69) is 10.6 Å². The summed E-state index contributed by atoms with van der Waals surface area (Å²) in [5.74, 6) is -0.0475. The number of carbonyl (C=O) groups is 1. The number of benzene rings is 2. The van der Waals surface area contributed by atoms with Gasteiger partial charge >= 0.3 is 0 Å². The summed E-state index contributed by atoms with van der Waals surface area (Å²) in [6, 6.07) is 12.8. The Morgan fingerprint density at radius 3 is 2.32 bits per heavy atom. The first kappa shape index (κ1) is 24.5. The molecule has 2 aromatic rings. The largest absolute Gasteiger partial charge is 0.396 e. The Hall–Kier alpha value is -1.50. The van der Waals surface area contributed by atoms with Crippen LogP contribution in [0.1, 0.15) is 31.1 Å². The van der Waals surface area contributed by atoms with Crippen LogP contribution >= 0.6 is 35.6 Å². The van der Waals surface area contributed by atoms with Crippen molar-refractivity contribution in [1.82, 2.24) is 10.6 Å². The van der Waals surface area contributed by atoms with Gasteiger partial charge in [0.15, 0.2) is 0 Å². The minimum Gasteiger partial charge on any atom is -0.396 e. The molecule has 0 radical (unpaired) electrons. The van der Waals surface area contributed by atoms with Gasteiger partial charge in [0.2, 0.25) is 5.91 Å². The van der Waals surface area contributed by atoms with Crippen LogP contribution in [0, 0.1) is 0 Å². The zero-order chi connectivity index (χ0) is 20.0. The van der Waals surface area contributed by atoms with Crippen LogP contribution in [0.25, 0.3) is 0 Å². The number of anilines is 1. The summed E-state index contributed by atoms with van der Waals surface area (Å²) < 4.78 is 0. The van der Waals surface area contributed by atoms with E-state index in [1.165, 1.54) is 0 Å². The average Bonchev–Trinajstić information content (AvgIpc) is 2.63. The zero-order valence-electron chi connectivity index (χ0n) is 15.8. The van der Waals surface area contributed by atoms with Crippen LogP contribution in [-0.2, 0) is 11.2 Å². The highest BCUT2D eigenvalue weighted by molar-refractivity contribution is 6.38. The number of nitrogen functional groups attached to an aromatic ring is 1. The van der Waals surface area contributed by atoms with Gasteiger partial charge in [0.05, 0.1) is 28.3 Å². The maximum atomic E-state index is 12.1. The lowest BCUT2D eigenvalue weighted by Gasteiger charge is -2.28. The van der Waals surface area contributed by atoms with Gasteiger partial charge in [-0.1, -0.05) is 53.5 Å². The second-order valence-electron chi connectivity index (χ2n) is 7.12. The minimum absolute atomic E-state index is 0. The van der Waals surface area contributed by atoms with Crippen molar-refractivity contribution in [2.24, 2.45) is 0 Å². The van der Waals surface area contributed by atoms with Gasteiger partial charge in [0.1, 0.15) is 0 Å². The molecule has 0 bridgehead atoms. The van der Waals surface area contributed by atoms with Crippen LogP contribution in [0.15, 0.2) is 42.5 Å². The fourth-order valence-corrected chi connectivity index (χ4v) is 3.02. The third kappa shape index (κ3) is 7.49. The van der Waals surface area contributed by atoms with Gasteiger partial charge in [-0.25, -0.2) is 0 Å². The van der Waals surface area contributed by atoms with Crippen LogP contribution in [0.5, 0.6) is 0 Å². The number of amides is 1. The molecule has 2 rings (SSSR count). The van der Waals surface area contributed by atoms with Crippen molar-refractivity contribution in [3.05, 3.63) is 63.6 Å². The van der Waals surface area contributed by atoms with E-state index in [0.717, 1.165) is 5.56 Å². The molecular weight excluding hydrogens is 421 g/mol. The Morgan fingerprint density at radius 2 is 1.75 bits per heavy atom. The summed E-state index contributed by atoms with van der Waals surface area (Å²) in [5.41, 5.74) is 7.15. The molecule has 1 unspecified atom stereocenters. The molecular formula is C20H26Cl3N3O2. The fraction of sp³-hybridized carbons (Fsp3) is 0.350. The van der Waals surface area contributed by atoms with Crippen molar-refractivity contribution in [2.45, 2.75) is 31.9 Å². The molecule has 0 fully saturated rings. The predicted octanol–water partition coefficient (Wildman–Crippen LogP) is 3.76. The summed E-state index contributed by atoms with van der Waals surface area (Å²) in [6.07, 6.45) is -0.470. The number of hydrogen-bond acceptors (Lipinski definition) is 4. The van der Waals surface area contributed by atoms with Crippen LogP contribution in [0.3, 0.4) is 0 Å². The first-order chi connectivity index (χ1) is 12.7. The highest BCUT2D eigenvalue weighted by Crippen LogP contribution is 2.31. The van der Waals surface area contributed by atoms with Crippen LogP contribution in [0.4, 0.5) is 5.69 Å². The first-order valence-electron chi connectivity index (χ1n) is 8.66. The number of β-amino-alcohol motifs (C(OH)–C–C–N with tert-alkyl or cyclic N) is 1. The maximum Gasteiger partial charge on any atom is 0.224 e. The van der Waals surface area contributed by atoms with Crippen molar-refractivity contribution in [2.75, 3.05) is 18.8 Å². The lowest BCUT2D eigenvalue weighted by molar-refractivity contribution is -0.120. The number of hydrogen-bond donors (Lipinski definition) is 4. The molecule has 0 aliphatic rings. The molecule has 5 N–H and O–H groups in total.